The highest BCUT2D eigenvalue weighted by molar-refractivity contribution is 9.10. The summed E-state index contributed by atoms with van der Waals surface area (Å²) in [4.78, 5) is 0. The largest absolute Gasteiger partial charge is 0.503 e. The normalized spacial score (nSPS) is 12.1. The monoisotopic (exact) mass is 345 g/mol. The number of rotatable bonds is 5. The van der Waals surface area contributed by atoms with Crippen molar-refractivity contribution in [3.05, 3.63) is 22.2 Å². The highest BCUT2D eigenvalue weighted by atomic mass is 79.9. The molecular formula is C11H15BrClF2NO2. The van der Waals surface area contributed by atoms with Gasteiger partial charge in [0.05, 0.1) is 11.1 Å². The van der Waals surface area contributed by atoms with Crippen molar-refractivity contribution < 1.29 is 18.6 Å². The van der Waals surface area contributed by atoms with Gasteiger partial charge in [-0.1, -0.05) is 0 Å². The van der Waals surface area contributed by atoms with Crippen molar-refractivity contribution in [2.75, 3.05) is 6.61 Å². The third-order valence-electron chi connectivity index (χ3n) is 2.21. The zero-order chi connectivity index (χ0) is 13.0. The van der Waals surface area contributed by atoms with Crippen molar-refractivity contribution in [2.45, 2.75) is 25.8 Å². The van der Waals surface area contributed by atoms with E-state index < -0.39 is 18.9 Å². The molecule has 0 fully saturated rings. The average molecular weight is 347 g/mol. The highest BCUT2D eigenvalue weighted by Crippen LogP contribution is 2.37. The molecule has 7 heteroatoms. The molecule has 0 saturated carbocycles. The van der Waals surface area contributed by atoms with E-state index in [-0.39, 0.29) is 23.9 Å². The van der Waals surface area contributed by atoms with E-state index in [4.69, 9.17) is 10.5 Å². The maximum absolute atomic E-state index is 12.2. The van der Waals surface area contributed by atoms with Crippen LogP contribution < -0.4 is 10.5 Å². The van der Waals surface area contributed by atoms with Crippen LogP contribution >= 0.6 is 28.3 Å². The Morgan fingerprint density at radius 2 is 2.06 bits per heavy atom. The Bertz CT molecular complexity index is 394. The maximum atomic E-state index is 12.2. The van der Waals surface area contributed by atoms with Crippen LogP contribution in [0.2, 0.25) is 0 Å². The minimum atomic E-state index is -2.46. The lowest BCUT2D eigenvalue weighted by molar-refractivity contribution is 0.128. The molecule has 0 radical (unpaired) electrons. The second-order valence-corrected chi connectivity index (χ2v) is 4.37. The van der Waals surface area contributed by atoms with Gasteiger partial charge in [-0.15, -0.1) is 12.4 Å². The van der Waals surface area contributed by atoms with Crippen LogP contribution in [0.25, 0.3) is 0 Å². The van der Waals surface area contributed by atoms with Crippen molar-refractivity contribution in [3.8, 4) is 11.5 Å². The lowest BCUT2D eigenvalue weighted by Crippen LogP contribution is -2.14. The fourth-order valence-electron chi connectivity index (χ4n) is 1.40. The fourth-order valence-corrected chi connectivity index (χ4v) is 1.86. The summed E-state index contributed by atoms with van der Waals surface area (Å²) in [5, 5.41) is 9.66. The molecule has 0 aliphatic rings. The predicted octanol–water partition coefficient (Wildman–Crippen LogP) is 3.63. The van der Waals surface area contributed by atoms with Crippen molar-refractivity contribution in [2.24, 2.45) is 5.73 Å². The first-order valence-corrected chi connectivity index (χ1v) is 5.94. The van der Waals surface area contributed by atoms with Crippen LogP contribution in [0, 0.1) is 0 Å². The van der Waals surface area contributed by atoms with Crippen molar-refractivity contribution in [1.82, 2.24) is 0 Å². The minimum absolute atomic E-state index is 0. The minimum Gasteiger partial charge on any atom is -0.503 e. The van der Waals surface area contributed by atoms with Gasteiger partial charge in [0, 0.05) is 12.5 Å². The molecule has 0 saturated heterocycles. The van der Waals surface area contributed by atoms with Gasteiger partial charge in [-0.05, 0) is 40.5 Å². The Balaban J connectivity index is 0.00000289. The van der Waals surface area contributed by atoms with Gasteiger partial charge >= 0.3 is 0 Å². The van der Waals surface area contributed by atoms with E-state index in [2.05, 4.69) is 15.9 Å². The number of nitrogens with two attached hydrogens (primary N) is 1. The van der Waals surface area contributed by atoms with E-state index >= 15 is 0 Å². The number of benzene rings is 1. The van der Waals surface area contributed by atoms with Gasteiger partial charge in [-0.25, -0.2) is 8.78 Å². The second-order valence-electron chi connectivity index (χ2n) is 3.52. The molecule has 0 heterocycles. The molecule has 0 spiro atoms. The molecule has 0 amide bonds. The first-order valence-electron chi connectivity index (χ1n) is 5.14. The topological polar surface area (TPSA) is 55.5 Å². The van der Waals surface area contributed by atoms with Gasteiger partial charge in [0.25, 0.3) is 0 Å². The third-order valence-corrected chi connectivity index (χ3v) is 2.82. The van der Waals surface area contributed by atoms with E-state index in [9.17, 15) is 13.9 Å². The SMILES string of the molecule is CCOc1cc([C@@H](N)CC(F)F)cc(Br)c1O.Cl. The van der Waals surface area contributed by atoms with Crippen LogP contribution in [0.4, 0.5) is 8.78 Å². The van der Waals surface area contributed by atoms with Gasteiger partial charge in [0.2, 0.25) is 6.43 Å². The summed E-state index contributed by atoms with van der Waals surface area (Å²) in [6.45, 7) is 2.13. The number of halogens is 4. The summed E-state index contributed by atoms with van der Waals surface area (Å²) >= 11 is 3.13. The third kappa shape index (κ3) is 4.59. The number of hydrogen-bond donors (Lipinski definition) is 2. The number of alkyl halides is 2. The standard InChI is InChI=1S/C11H14BrF2NO2.ClH/c1-2-17-9-4-6(3-7(12)11(9)16)8(15)5-10(13)14;/h3-4,8,10,16H,2,5,15H2,1H3;1H/t8-;/m0./s1. The fraction of sp³-hybridized carbons (Fsp3) is 0.455. The zero-order valence-corrected chi connectivity index (χ0v) is 12.1. The van der Waals surface area contributed by atoms with Crippen molar-refractivity contribution in [1.29, 1.82) is 0 Å². The molecule has 0 aromatic heterocycles. The number of hydrogen-bond acceptors (Lipinski definition) is 3. The summed E-state index contributed by atoms with van der Waals surface area (Å²) in [6.07, 6.45) is -2.89. The van der Waals surface area contributed by atoms with E-state index in [0.717, 1.165) is 0 Å². The van der Waals surface area contributed by atoms with Crippen LogP contribution in [-0.2, 0) is 0 Å². The van der Waals surface area contributed by atoms with E-state index in [1.807, 2.05) is 0 Å². The molecular weight excluding hydrogens is 331 g/mol. The van der Waals surface area contributed by atoms with Gasteiger partial charge in [0.15, 0.2) is 11.5 Å². The van der Waals surface area contributed by atoms with Crippen LogP contribution in [0.3, 0.4) is 0 Å². The lowest BCUT2D eigenvalue weighted by atomic mass is 10.0. The van der Waals surface area contributed by atoms with Crippen LogP contribution in [0.1, 0.15) is 24.9 Å². The van der Waals surface area contributed by atoms with Gasteiger partial charge in [-0.3, -0.25) is 0 Å². The molecule has 0 aliphatic carbocycles. The van der Waals surface area contributed by atoms with Gasteiger partial charge < -0.3 is 15.6 Å². The second kappa shape index (κ2) is 7.76. The Kier molecular flexibility index (Phi) is 7.51. The van der Waals surface area contributed by atoms with E-state index in [0.29, 0.717) is 16.6 Å². The molecule has 3 nitrogen and oxygen atoms in total. The van der Waals surface area contributed by atoms with Gasteiger partial charge in [-0.2, -0.15) is 0 Å². The summed E-state index contributed by atoms with van der Waals surface area (Å²) in [6, 6.07) is 2.22. The summed E-state index contributed by atoms with van der Waals surface area (Å²) in [5.74, 6) is 0.182. The molecule has 0 bridgehead atoms. The molecule has 1 atom stereocenters. The molecule has 1 rings (SSSR count). The Labute approximate surface area is 119 Å². The quantitative estimate of drug-likeness (QED) is 0.856. The van der Waals surface area contributed by atoms with E-state index in [1.165, 1.54) is 12.1 Å². The number of aromatic hydroxyl groups is 1. The molecule has 1 aromatic carbocycles. The summed E-state index contributed by atoms with van der Waals surface area (Å²) < 4.78 is 30.0. The summed E-state index contributed by atoms with van der Waals surface area (Å²) in [5.41, 5.74) is 6.14. The lowest BCUT2D eigenvalue weighted by Gasteiger charge is -2.15. The summed E-state index contributed by atoms with van der Waals surface area (Å²) in [7, 11) is 0. The molecule has 18 heavy (non-hydrogen) atoms. The molecule has 0 unspecified atom stereocenters. The molecule has 3 N–H and O–H groups in total. The first kappa shape index (κ1) is 17.4. The van der Waals surface area contributed by atoms with Crippen molar-refractivity contribution in [3.63, 3.8) is 0 Å². The first-order chi connectivity index (χ1) is 7.95. The Morgan fingerprint density at radius 3 is 2.56 bits per heavy atom. The molecule has 0 aliphatic heterocycles. The molecule has 1 aromatic rings. The number of phenolic OH excluding ortho intramolecular Hbond substituents is 1. The smallest absolute Gasteiger partial charge is 0.240 e. The maximum Gasteiger partial charge on any atom is 0.240 e. The number of ether oxygens (including phenoxy) is 1. The Hall–Kier alpha value is -0.590. The van der Waals surface area contributed by atoms with Gasteiger partial charge in [0.1, 0.15) is 0 Å². The predicted molar refractivity (Wildman–Crippen MR) is 71.8 cm³/mol. The van der Waals surface area contributed by atoms with Crippen molar-refractivity contribution >= 4 is 28.3 Å². The van der Waals surface area contributed by atoms with E-state index in [1.54, 1.807) is 6.92 Å². The Morgan fingerprint density at radius 1 is 1.44 bits per heavy atom. The highest BCUT2D eigenvalue weighted by Gasteiger charge is 2.17. The average Bonchev–Trinajstić information content (AvgIpc) is 2.23. The van der Waals surface area contributed by atoms with Crippen LogP contribution in [0.5, 0.6) is 11.5 Å². The van der Waals surface area contributed by atoms with Crippen LogP contribution in [-0.4, -0.2) is 18.1 Å². The zero-order valence-electron chi connectivity index (χ0n) is 9.70. The van der Waals surface area contributed by atoms with Crippen LogP contribution in [0.15, 0.2) is 16.6 Å². The number of phenols is 1. The molecule has 104 valence electrons.